The quantitative estimate of drug-likeness (QED) is 0.293. The van der Waals surface area contributed by atoms with Crippen LogP contribution in [0.4, 0.5) is 0 Å². The lowest BCUT2D eigenvalue weighted by Crippen LogP contribution is -2.25. The summed E-state index contributed by atoms with van der Waals surface area (Å²) in [6.07, 6.45) is 6.02. The summed E-state index contributed by atoms with van der Waals surface area (Å²) in [5, 5.41) is 3.01. The summed E-state index contributed by atoms with van der Waals surface area (Å²) in [5.41, 5.74) is 2.55. The summed E-state index contributed by atoms with van der Waals surface area (Å²) in [6, 6.07) is 19.5. The van der Waals surface area contributed by atoms with Gasteiger partial charge in [-0.3, -0.25) is 9.59 Å². The van der Waals surface area contributed by atoms with Crippen LogP contribution in [0.15, 0.2) is 60.7 Å². The number of amides is 1. The fraction of sp³-hybridized carbons (Fsp3) is 0.304. The minimum Gasteiger partial charge on any atom is -0.469 e. The number of carbonyl (C=O) groups is 2. The van der Waals surface area contributed by atoms with Crippen LogP contribution in [0.25, 0.3) is 11.6 Å². The Bertz CT molecular complexity index is 739. The first-order chi connectivity index (χ1) is 13.2. The third kappa shape index (κ3) is 7.48. The highest BCUT2D eigenvalue weighted by atomic mass is 16.5. The van der Waals surface area contributed by atoms with Crippen molar-refractivity contribution in [1.29, 1.82) is 0 Å². The van der Waals surface area contributed by atoms with Gasteiger partial charge in [-0.1, -0.05) is 73.5 Å². The van der Waals surface area contributed by atoms with Crippen molar-refractivity contribution in [3.05, 3.63) is 71.8 Å². The van der Waals surface area contributed by atoms with E-state index in [1.165, 1.54) is 7.11 Å². The van der Waals surface area contributed by atoms with Crippen molar-refractivity contribution in [3.63, 3.8) is 0 Å². The lowest BCUT2D eigenvalue weighted by atomic mass is 10.0. The molecule has 0 atom stereocenters. The van der Waals surface area contributed by atoms with Crippen LogP contribution in [0.1, 0.15) is 43.2 Å². The number of carbonyl (C=O) groups excluding carboxylic acids is 2. The van der Waals surface area contributed by atoms with Gasteiger partial charge in [0.15, 0.2) is 0 Å². The number of nitrogens with one attached hydrogen (secondary N) is 1. The molecule has 0 heterocycles. The third-order valence-corrected chi connectivity index (χ3v) is 4.26. The van der Waals surface area contributed by atoms with Gasteiger partial charge in [-0.2, -0.15) is 0 Å². The maximum absolute atomic E-state index is 12.7. The monoisotopic (exact) mass is 365 g/mol. The molecule has 2 aromatic rings. The van der Waals surface area contributed by atoms with Gasteiger partial charge < -0.3 is 10.1 Å². The van der Waals surface area contributed by atoms with Gasteiger partial charge in [-0.05, 0) is 30.0 Å². The maximum Gasteiger partial charge on any atom is 0.305 e. The number of ether oxygens (including phenoxy) is 1. The Hall–Kier alpha value is -2.88. The smallest absolute Gasteiger partial charge is 0.305 e. The Labute approximate surface area is 161 Å². The van der Waals surface area contributed by atoms with E-state index in [1.807, 2.05) is 66.7 Å². The molecule has 0 aliphatic carbocycles. The summed E-state index contributed by atoms with van der Waals surface area (Å²) in [4.78, 5) is 23.8. The first-order valence-corrected chi connectivity index (χ1v) is 9.38. The van der Waals surface area contributed by atoms with Gasteiger partial charge in [-0.25, -0.2) is 0 Å². The van der Waals surface area contributed by atoms with Crippen LogP contribution in [-0.2, 0) is 14.3 Å². The van der Waals surface area contributed by atoms with Crippen LogP contribution in [-0.4, -0.2) is 25.5 Å². The van der Waals surface area contributed by atoms with Crippen molar-refractivity contribution in [2.24, 2.45) is 0 Å². The second-order valence-corrected chi connectivity index (χ2v) is 6.33. The predicted octanol–water partition coefficient (Wildman–Crippen LogP) is 4.47. The van der Waals surface area contributed by atoms with Crippen LogP contribution in [0, 0.1) is 0 Å². The van der Waals surface area contributed by atoms with E-state index in [0.29, 0.717) is 18.5 Å². The molecule has 0 bridgehead atoms. The molecule has 0 unspecified atom stereocenters. The first kappa shape index (κ1) is 20.4. The van der Waals surface area contributed by atoms with Crippen molar-refractivity contribution in [3.8, 4) is 0 Å². The van der Waals surface area contributed by atoms with Gasteiger partial charge in [0.05, 0.1) is 7.11 Å². The van der Waals surface area contributed by atoms with E-state index in [1.54, 1.807) is 0 Å². The number of unbranched alkanes of at least 4 members (excludes halogenated alkanes) is 3. The number of benzene rings is 2. The average molecular weight is 365 g/mol. The zero-order chi connectivity index (χ0) is 19.3. The van der Waals surface area contributed by atoms with Gasteiger partial charge >= 0.3 is 5.97 Å². The molecule has 2 rings (SSSR count). The first-order valence-electron chi connectivity index (χ1n) is 9.38. The Balaban J connectivity index is 1.88. The lowest BCUT2D eigenvalue weighted by Gasteiger charge is -2.10. The van der Waals surface area contributed by atoms with E-state index >= 15 is 0 Å². The number of hydrogen-bond donors (Lipinski definition) is 1. The fourth-order valence-corrected chi connectivity index (χ4v) is 2.76. The molecule has 0 fully saturated rings. The molecule has 0 aliphatic heterocycles. The molecule has 0 saturated heterocycles. The molecule has 0 radical (unpaired) electrons. The molecule has 4 nitrogen and oxygen atoms in total. The molecule has 2 aromatic carbocycles. The second-order valence-electron chi connectivity index (χ2n) is 6.33. The molecule has 27 heavy (non-hydrogen) atoms. The lowest BCUT2D eigenvalue weighted by molar-refractivity contribution is -0.140. The zero-order valence-electron chi connectivity index (χ0n) is 15.8. The predicted molar refractivity (Wildman–Crippen MR) is 109 cm³/mol. The Kier molecular flexibility index (Phi) is 8.84. The molecule has 4 heteroatoms. The topological polar surface area (TPSA) is 55.4 Å². The summed E-state index contributed by atoms with van der Waals surface area (Å²) >= 11 is 0. The molecule has 0 saturated carbocycles. The van der Waals surface area contributed by atoms with Gasteiger partial charge in [0.25, 0.3) is 5.91 Å². The Morgan fingerprint density at radius 1 is 0.889 bits per heavy atom. The van der Waals surface area contributed by atoms with Crippen molar-refractivity contribution in [2.75, 3.05) is 13.7 Å². The molecule has 142 valence electrons. The van der Waals surface area contributed by atoms with E-state index in [-0.39, 0.29) is 11.9 Å². The Morgan fingerprint density at radius 2 is 1.52 bits per heavy atom. The van der Waals surface area contributed by atoms with E-state index in [0.717, 1.165) is 36.8 Å². The maximum atomic E-state index is 12.7. The number of rotatable bonds is 10. The summed E-state index contributed by atoms with van der Waals surface area (Å²) in [5.74, 6) is -0.235. The number of hydrogen-bond acceptors (Lipinski definition) is 3. The second kappa shape index (κ2) is 11.7. The molecule has 0 aliphatic rings. The van der Waals surface area contributed by atoms with Gasteiger partial charge in [0, 0.05) is 18.5 Å². The molecule has 1 N–H and O–H groups in total. The molecular weight excluding hydrogens is 338 g/mol. The normalized spacial score (nSPS) is 11.1. The standard InChI is InChI=1S/C23H27NO3/c1-27-22(25)16-10-2-3-11-17-24-23(26)21(20-14-8-5-9-15-20)18-19-12-6-4-7-13-19/h4-9,12-15,18H,2-3,10-11,16-17H2,1H3,(H,24,26). The van der Waals surface area contributed by atoms with E-state index < -0.39 is 0 Å². The number of methoxy groups -OCH3 is 1. The van der Waals surface area contributed by atoms with E-state index in [9.17, 15) is 9.59 Å². The van der Waals surface area contributed by atoms with E-state index in [4.69, 9.17) is 0 Å². The van der Waals surface area contributed by atoms with Crippen LogP contribution in [0.3, 0.4) is 0 Å². The highest BCUT2D eigenvalue weighted by Gasteiger charge is 2.11. The number of esters is 1. The van der Waals surface area contributed by atoms with E-state index in [2.05, 4.69) is 10.1 Å². The largest absolute Gasteiger partial charge is 0.469 e. The molecular formula is C23H27NO3. The van der Waals surface area contributed by atoms with Crippen molar-refractivity contribution in [1.82, 2.24) is 5.32 Å². The minimum absolute atomic E-state index is 0.0698. The summed E-state index contributed by atoms with van der Waals surface area (Å²) < 4.78 is 4.62. The molecule has 1 amide bonds. The minimum atomic E-state index is -0.165. The van der Waals surface area contributed by atoms with Crippen molar-refractivity contribution in [2.45, 2.75) is 32.1 Å². The average Bonchev–Trinajstić information content (AvgIpc) is 2.72. The fourth-order valence-electron chi connectivity index (χ4n) is 2.76. The van der Waals surface area contributed by atoms with Gasteiger partial charge in [0.2, 0.25) is 0 Å². The van der Waals surface area contributed by atoms with Crippen LogP contribution >= 0.6 is 0 Å². The molecule has 0 aromatic heterocycles. The van der Waals surface area contributed by atoms with Crippen molar-refractivity contribution < 1.29 is 14.3 Å². The van der Waals surface area contributed by atoms with Crippen LogP contribution in [0.2, 0.25) is 0 Å². The van der Waals surface area contributed by atoms with Crippen molar-refractivity contribution >= 4 is 23.5 Å². The SMILES string of the molecule is COC(=O)CCCCCCNC(=O)C(=Cc1ccccc1)c1ccccc1. The van der Waals surface area contributed by atoms with Gasteiger partial charge in [-0.15, -0.1) is 0 Å². The zero-order valence-corrected chi connectivity index (χ0v) is 15.8. The Morgan fingerprint density at radius 3 is 2.19 bits per heavy atom. The summed E-state index contributed by atoms with van der Waals surface area (Å²) in [7, 11) is 1.41. The third-order valence-electron chi connectivity index (χ3n) is 4.26. The van der Waals surface area contributed by atoms with Crippen LogP contribution < -0.4 is 5.32 Å². The summed E-state index contributed by atoms with van der Waals surface area (Å²) in [6.45, 7) is 0.621. The molecule has 0 spiro atoms. The van der Waals surface area contributed by atoms with Gasteiger partial charge in [0.1, 0.15) is 0 Å². The highest BCUT2D eigenvalue weighted by Crippen LogP contribution is 2.18. The highest BCUT2D eigenvalue weighted by molar-refractivity contribution is 6.24. The van der Waals surface area contributed by atoms with Crippen LogP contribution in [0.5, 0.6) is 0 Å².